The van der Waals surface area contributed by atoms with Crippen molar-refractivity contribution in [1.29, 1.82) is 5.26 Å². The minimum Gasteiger partial charge on any atom is -0.482 e. The van der Waals surface area contributed by atoms with Gasteiger partial charge in [-0.2, -0.15) is 5.26 Å². The lowest BCUT2D eigenvalue weighted by Gasteiger charge is -2.07. The van der Waals surface area contributed by atoms with Gasteiger partial charge in [0.25, 0.3) is 0 Å². The predicted molar refractivity (Wildman–Crippen MR) is 99.2 cm³/mol. The molecule has 0 saturated carbocycles. The number of hydrogen-bond acceptors (Lipinski definition) is 6. The summed E-state index contributed by atoms with van der Waals surface area (Å²) in [7, 11) is 0. The quantitative estimate of drug-likeness (QED) is 0.312. The Morgan fingerprint density at radius 1 is 1.15 bits per heavy atom. The number of carbonyl (C=O) groups excluding carboxylic acids is 2. The van der Waals surface area contributed by atoms with Crippen LogP contribution >= 0.6 is 11.6 Å². The standard InChI is InChI=1S/C20H16ClNO5/c1-2-25-20(24)15(12-22)10-14-4-3-5-18(11-14)27-19(23)13-26-17-8-6-16(21)7-9-17/h3-11H,2,13H2,1H3/b15-10+. The number of esters is 2. The van der Waals surface area contributed by atoms with Crippen molar-refractivity contribution in [3.63, 3.8) is 0 Å². The molecular weight excluding hydrogens is 370 g/mol. The summed E-state index contributed by atoms with van der Waals surface area (Å²) in [5, 5.41) is 9.63. The molecule has 138 valence electrons. The number of ether oxygens (including phenoxy) is 3. The first kappa shape index (κ1) is 20.0. The van der Waals surface area contributed by atoms with E-state index in [-0.39, 0.29) is 24.5 Å². The van der Waals surface area contributed by atoms with E-state index < -0.39 is 11.9 Å². The van der Waals surface area contributed by atoms with E-state index in [2.05, 4.69) is 0 Å². The Kier molecular flexibility index (Phi) is 7.41. The average molecular weight is 386 g/mol. The van der Waals surface area contributed by atoms with Gasteiger partial charge >= 0.3 is 11.9 Å². The monoisotopic (exact) mass is 385 g/mol. The molecule has 27 heavy (non-hydrogen) atoms. The summed E-state index contributed by atoms with van der Waals surface area (Å²) in [6, 6.07) is 14.8. The van der Waals surface area contributed by atoms with E-state index in [0.29, 0.717) is 16.3 Å². The smallest absolute Gasteiger partial charge is 0.349 e. The van der Waals surface area contributed by atoms with Crippen LogP contribution in [0, 0.1) is 11.3 Å². The molecular formula is C20H16ClNO5. The number of benzene rings is 2. The maximum Gasteiger partial charge on any atom is 0.349 e. The molecule has 0 aromatic heterocycles. The summed E-state index contributed by atoms with van der Waals surface area (Å²) in [6.45, 7) is 1.54. The molecule has 0 amide bonds. The molecule has 0 spiro atoms. The van der Waals surface area contributed by atoms with Crippen LogP contribution in [-0.2, 0) is 14.3 Å². The molecule has 0 bridgehead atoms. The van der Waals surface area contributed by atoms with Gasteiger partial charge in [-0.3, -0.25) is 0 Å². The normalized spacial score (nSPS) is 10.6. The highest BCUT2D eigenvalue weighted by Gasteiger charge is 2.11. The van der Waals surface area contributed by atoms with Crippen LogP contribution in [0.5, 0.6) is 11.5 Å². The summed E-state index contributed by atoms with van der Waals surface area (Å²) >= 11 is 5.78. The Morgan fingerprint density at radius 2 is 1.89 bits per heavy atom. The van der Waals surface area contributed by atoms with Gasteiger partial charge in [0.05, 0.1) is 6.61 Å². The van der Waals surface area contributed by atoms with E-state index in [0.717, 1.165) is 0 Å². The predicted octanol–water partition coefficient (Wildman–Crippen LogP) is 3.79. The number of nitriles is 1. The first-order chi connectivity index (χ1) is 13.0. The fourth-order valence-corrected chi connectivity index (χ4v) is 2.14. The van der Waals surface area contributed by atoms with Gasteiger partial charge in [-0.25, -0.2) is 9.59 Å². The average Bonchev–Trinajstić information content (AvgIpc) is 2.66. The lowest BCUT2D eigenvalue weighted by Crippen LogP contribution is -2.17. The van der Waals surface area contributed by atoms with Gasteiger partial charge < -0.3 is 14.2 Å². The molecule has 2 aromatic carbocycles. The van der Waals surface area contributed by atoms with Crippen LogP contribution in [-0.4, -0.2) is 25.2 Å². The SMILES string of the molecule is CCOC(=O)/C(C#N)=C/c1cccc(OC(=O)COc2ccc(Cl)cc2)c1. The fourth-order valence-electron chi connectivity index (χ4n) is 2.01. The third-order valence-corrected chi connectivity index (χ3v) is 3.44. The zero-order chi connectivity index (χ0) is 19.6. The van der Waals surface area contributed by atoms with E-state index in [9.17, 15) is 9.59 Å². The third kappa shape index (κ3) is 6.49. The number of hydrogen-bond donors (Lipinski definition) is 0. The first-order valence-electron chi connectivity index (χ1n) is 8.00. The van der Waals surface area contributed by atoms with Crippen LogP contribution in [0.3, 0.4) is 0 Å². The number of carbonyl (C=O) groups is 2. The number of nitrogens with zero attached hydrogens (tertiary/aromatic N) is 1. The molecule has 0 fully saturated rings. The highest BCUT2D eigenvalue weighted by Crippen LogP contribution is 2.18. The molecule has 0 unspecified atom stereocenters. The number of rotatable bonds is 7. The zero-order valence-corrected chi connectivity index (χ0v) is 15.2. The maximum atomic E-state index is 11.9. The minimum atomic E-state index is -0.709. The molecule has 2 aromatic rings. The van der Waals surface area contributed by atoms with Gasteiger partial charge in [0.1, 0.15) is 23.1 Å². The molecule has 0 aliphatic heterocycles. The fraction of sp³-hybridized carbons (Fsp3) is 0.150. The third-order valence-electron chi connectivity index (χ3n) is 3.19. The Hall–Kier alpha value is -3.30. The second-order valence-corrected chi connectivity index (χ2v) is 5.62. The van der Waals surface area contributed by atoms with Crippen molar-refractivity contribution < 1.29 is 23.8 Å². The van der Waals surface area contributed by atoms with Crippen molar-refractivity contribution in [3.05, 3.63) is 64.7 Å². The van der Waals surface area contributed by atoms with E-state index in [4.69, 9.17) is 31.1 Å². The number of halogens is 1. The Balaban J connectivity index is 2.00. The molecule has 2 rings (SSSR count). The van der Waals surface area contributed by atoms with Gasteiger partial charge in [0.15, 0.2) is 6.61 Å². The van der Waals surface area contributed by atoms with Gasteiger partial charge in [0, 0.05) is 5.02 Å². The lowest BCUT2D eigenvalue weighted by molar-refractivity contribution is -0.138. The molecule has 0 heterocycles. The van der Waals surface area contributed by atoms with Crippen molar-refractivity contribution in [2.24, 2.45) is 0 Å². The zero-order valence-electron chi connectivity index (χ0n) is 14.5. The van der Waals surface area contributed by atoms with Crippen LogP contribution in [0.4, 0.5) is 0 Å². The molecule has 0 radical (unpaired) electrons. The van der Waals surface area contributed by atoms with Crippen molar-refractivity contribution in [2.75, 3.05) is 13.2 Å². The van der Waals surface area contributed by atoms with Crippen molar-refractivity contribution in [1.82, 2.24) is 0 Å². The van der Waals surface area contributed by atoms with Gasteiger partial charge in [-0.1, -0.05) is 23.7 Å². The van der Waals surface area contributed by atoms with E-state index in [1.54, 1.807) is 55.5 Å². The van der Waals surface area contributed by atoms with Crippen molar-refractivity contribution >= 4 is 29.6 Å². The molecule has 0 aliphatic carbocycles. The van der Waals surface area contributed by atoms with Crippen LogP contribution in [0.25, 0.3) is 6.08 Å². The summed E-state index contributed by atoms with van der Waals surface area (Å²) in [4.78, 5) is 23.6. The Labute approximate surface area is 161 Å². The molecule has 0 aliphatic rings. The molecule has 7 heteroatoms. The highest BCUT2D eigenvalue weighted by molar-refractivity contribution is 6.30. The topological polar surface area (TPSA) is 85.6 Å². The molecule has 6 nitrogen and oxygen atoms in total. The van der Waals surface area contributed by atoms with Crippen LogP contribution < -0.4 is 9.47 Å². The first-order valence-corrected chi connectivity index (χ1v) is 8.37. The summed E-state index contributed by atoms with van der Waals surface area (Å²) < 4.78 is 15.3. The summed E-state index contributed by atoms with van der Waals surface area (Å²) in [5.74, 6) is -0.563. The van der Waals surface area contributed by atoms with E-state index in [1.807, 2.05) is 0 Å². The van der Waals surface area contributed by atoms with Crippen LogP contribution in [0.1, 0.15) is 12.5 Å². The van der Waals surface area contributed by atoms with E-state index >= 15 is 0 Å². The largest absolute Gasteiger partial charge is 0.482 e. The lowest BCUT2D eigenvalue weighted by atomic mass is 10.1. The highest BCUT2D eigenvalue weighted by atomic mass is 35.5. The second-order valence-electron chi connectivity index (χ2n) is 5.18. The van der Waals surface area contributed by atoms with Gasteiger partial charge in [-0.05, 0) is 55.0 Å². The maximum absolute atomic E-state index is 11.9. The Morgan fingerprint density at radius 3 is 2.56 bits per heavy atom. The molecule has 0 saturated heterocycles. The summed E-state index contributed by atoms with van der Waals surface area (Å²) in [5.41, 5.74) is 0.370. The van der Waals surface area contributed by atoms with Gasteiger partial charge in [0.2, 0.25) is 0 Å². The minimum absolute atomic E-state index is 0.147. The van der Waals surface area contributed by atoms with Crippen LogP contribution in [0.2, 0.25) is 5.02 Å². The second kappa shape index (κ2) is 10.00. The van der Waals surface area contributed by atoms with E-state index in [1.165, 1.54) is 12.1 Å². The molecule has 0 atom stereocenters. The van der Waals surface area contributed by atoms with Crippen LogP contribution in [0.15, 0.2) is 54.1 Å². The van der Waals surface area contributed by atoms with Gasteiger partial charge in [-0.15, -0.1) is 0 Å². The molecule has 0 N–H and O–H groups in total. The summed E-state index contributed by atoms with van der Waals surface area (Å²) in [6.07, 6.45) is 1.36. The van der Waals surface area contributed by atoms with Crippen molar-refractivity contribution in [3.8, 4) is 17.6 Å². The van der Waals surface area contributed by atoms with Crippen molar-refractivity contribution in [2.45, 2.75) is 6.92 Å². The Bertz CT molecular complexity index is 884.